The first-order valence-corrected chi connectivity index (χ1v) is 6.22. The first kappa shape index (κ1) is 13.4. The minimum atomic E-state index is -0.218. The number of amides is 1. The lowest BCUT2D eigenvalue weighted by molar-refractivity contribution is 0.102. The van der Waals surface area contributed by atoms with Gasteiger partial charge in [-0.3, -0.25) is 4.79 Å². The lowest BCUT2D eigenvalue weighted by atomic mass is 10.1. The smallest absolute Gasteiger partial charge is 0.255 e. The molecule has 0 fully saturated rings. The second kappa shape index (κ2) is 5.33. The molecule has 0 aliphatic heterocycles. The molecule has 4 heteroatoms. The van der Waals surface area contributed by atoms with E-state index in [2.05, 4.69) is 5.32 Å². The highest BCUT2D eigenvalue weighted by Crippen LogP contribution is 2.26. The average Bonchev–Trinajstić information content (AvgIpc) is 2.32. The monoisotopic (exact) mass is 275 g/mol. The molecule has 0 unspecified atom stereocenters. The number of carbonyl (C=O) groups excluding carboxylic acids is 1. The van der Waals surface area contributed by atoms with E-state index in [4.69, 9.17) is 11.6 Å². The summed E-state index contributed by atoms with van der Waals surface area (Å²) in [4.78, 5) is 12.2. The van der Waals surface area contributed by atoms with Gasteiger partial charge in [0.05, 0.1) is 10.7 Å². The van der Waals surface area contributed by atoms with E-state index in [1.807, 2.05) is 26.0 Å². The predicted molar refractivity (Wildman–Crippen MR) is 77.0 cm³/mol. The van der Waals surface area contributed by atoms with Crippen LogP contribution in [-0.2, 0) is 0 Å². The second-order valence-electron chi connectivity index (χ2n) is 4.44. The number of rotatable bonds is 2. The average molecular weight is 276 g/mol. The van der Waals surface area contributed by atoms with Gasteiger partial charge in [0, 0.05) is 11.6 Å². The van der Waals surface area contributed by atoms with Crippen molar-refractivity contribution in [2.24, 2.45) is 0 Å². The zero-order chi connectivity index (χ0) is 14.0. The van der Waals surface area contributed by atoms with Crippen LogP contribution in [0.3, 0.4) is 0 Å². The van der Waals surface area contributed by atoms with Crippen molar-refractivity contribution in [1.29, 1.82) is 0 Å². The standard InChI is InChI=1S/C15H14ClNO2/c1-9-3-5-12(10(2)7-9)15(19)17-14-6-4-11(18)8-13(14)16/h3-8,18H,1-2H3,(H,17,19). The number of halogens is 1. The van der Waals surface area contributed by atoms with Crippen LogP contribution in [0.15, 0.2) is 36.4 Å². The molecule has 1 amide bonds. The minimum absolute atomic E-state index is 0.0644. The van der Waals surface area contributed by atoms with E-state index >= 15 is 0 Å². The Morgan fingerprint density at radius 2 is 1.89 bits per heavy atom. The van der Waals surface area contributed by atoms with Crippen molar-refractivity contribution in [2.75, 3.05) is 5.32 Å². The number of benzene rings is 2. The third-order valence-electron chi connectivity index (χ3n) is 2.83. The Balaban J connectivity index is 2.25. The fourth-order valence-electron chi connectivity index (χ4n) is 1.86. The fraction of sp³-hybridized carbons (Fsp3) is 0.133. The van der Waals surface area contributed by atoms with Crippen LogP contribution >= 0.6 is 11.6 Å². The number of hydrogen-bond acceptors (Lipinski definition) is 2. The van der Waals surface area contributed by atoms with Gasteiger partial charge in [-0.15, -0.1) is 0 Å². The minimum Gasteiger partial charge on any atom is -0.508 e. The van der Waals surface area contributed by atoms with Gasteiger partial charge < -0.3 is 10.4 Å². The highest BCUT2D eigenvalue weighted by molar-refractivity contribution is 6.34. The first-order chi connectivity index (χ1) is 8.97. The van der Waals surface area contributed by atoms with Crippen molar-refractivity contribution in [3.63, 3.8) is 0 Å². The van der Waals surface area contributed by atoms with E-state index in [0.29, 0.717) is 16.3 Å². The molecule has 0 aliphatic rings. The molecule has 0 aromatic heterocycles. The first-order valence-electron chi connectivity index (χ1n) is 5.84. The lowest BCUT2D eigenvalue weighted by Crippen LogP contribution is -2.13. The normalized spacial score (nSPS) is 10.3. The summed E-state index contributed by atoms with van der Waals surface area (Å²) in [5.74, 6) is -0.153. The maximum atomic E-state index is 12.2. The zero-order valence-corrected chi connectivity index (χ0v) is 11.5. The summed E-state index contributed by atoms with van der Waals surface area (Å²) >= 11 is 5.95. The molecule has 2 N–H and O–H groups in total. The van der Waals surface area contributed by atoms with Crippen LogP contribution in [0.5, 0.6) is 5.75 Å². The molecule has 0 saturated heterocycles. The van der Waals surface area contributed by atoms with Gasteiger partial charge in [0.15, 0.2) is 0 Å². The van der Waals surface area contributed by atoms with Crippen molar-refractivity contribution >= 4 is 23.2 Å². The summed E-state index contributed by atoms with van der Waals surface area (Å²) in [6, 6.07) is 10.1. The van der Waals surface area contributed by atoms with Gasteiger partial charge in [0.25, 0.3) is 5.91 Å². The number of aromatic hydroxyl groups is 1. The van der Waals surface area contributed by atoms with Crippen LogP contribution in [-0.4, -0.2) is 11.0 Å². The third kappa shape index (κ3) is 3.06. The molecule has 19 heavy (non-hydrogen) atoms. The quantitative estimate of drug-likeness (QED) is 0.816. The third-order valence-corrected chi connectivity index (χ3v) is 3.14. The number of anilines is 1. The number of aryl methyl sites for hydroxylation is 2. The molecular formula is C15H14ClNO2. The second-order valence-corrected chi connectivity index (χ2v) is 4.84. The Bertz CT molecular complexity index is 638. The van der Waals surface area contributed by atoms with E-state index in [-0.39, 0.29) is 11.7 Å². The molecule has 2 rings (SSSR count). The molecule has 0 radical (unpaired) electrons. The van der Waals surface area contributed by atoms with Gasteiger partial charge in [0.2, 0.25) is 0 Å². The summed E-state index contributed by atoms with van der Waals surface area (Å²) < 4.78 is 0. The number of carbonyl (C=O) groups is 1. The van der Waals surface area contributed by atoms with Crippen molar-refractivity contribution < 1.29 is 9.90 Å². The molecule has 0 aliphatic carbocycles. The Morgan fingerprint density at radius 3 is 2.53 bits per heavy atom. The van der Waals surface area contributed by atoms with E-state index in [0.717, 1.165) is 11.1 Å². The van der Waals surface area contributed by atoms with E-state index in [1.54, 1.807) is 12.1 Å². The van der Waals surface area contributed by atoms with Gasteiger partial charge in [-0.05, 0) is 37.6 Å². The van der Waals surface area contributed by atoms with E-state index < -0.39 is 0 Å². The summed E-state index contributed by atoms with van der Waals surface area (Å²) in [6.45, 7) is 3.87. The zero-order valence-electron chi connectivity index (χ0n) is 10.7. The van der Waals surface area contributed by atoms with Crippen molar-refractivity contribution in [2.45, 2.75) is 13.8 Å². The molecule has 2 aromatic rings. The highest BCUT2D eigenvalue weighted by atomic mass is 35.5. The van der Waals surface area contributed by atoms with Gasteiger partial charge in [0.1, 0.15) is 5.75 Å². The molecule has 0 saturated carbocycles. The van der Waals surface area contributed by atoms with Gasteiger partial charge in [-0.25, -0.2) is 0 Å². The van der Waals surface area contributed by atoms with Crippen LogP contribution < -0.4 is 5.32 Å². The number of phenols is 1. The predicted octanol–water partition coefficient (Wildman–Crippen LogP) is 3.91. The van der Waals surface area contributed by atoms with Gasteiger partial charge >= 0.3 is 0 Å². The molecular weight excluding hydrogens is 262 g/mol. The molecule has 2 aromatic carbocycles. The largest absolute Gasteiger partial charge is 0.508 e. The van der Waals surface area contributed by atoms with Crippen molar-refractivity contribution in [3.05, 3.63) is 58.1 Å². The molecule has 0 atom stereocenters. The molecule has 98 valence electrons. The summed E-state index contributed by atoms with van der Waals surface area (Å²) in [5.41, 5.74) is 3.10. The maximum absolute atomic E-state index is 12.2. The molecule has 0 spiro atoms. The molecule has 0 heterocycles. The Morgan fingerprint density at radius 1 is 1.16 bits per heavy atom. The van der Waals surface area contributed by atoms with Gasteiger partial charge in [-0.1, -0.05) is 29.3 Å². The lowest BCUT2D eigenvalue weighted by Gasteiger charge is -2.10. The van der Waals surface area contributed by atoms with Crippen LogP contribution in [0.1, 0.15) is 21.5 Å². The summed E-state index contributed by atoms with van der Waals surface area (Å²) in [7, 11) is 0. The maximum Gasteiger partial charge on any atom is 0.255 e. The molecule has 3 nitrogen and oxygen atoms in total. The number of phenolic OH excluding ortho intramolecular Hbond substituents is 1. The Labute approximate surface area is 116 Å². The van der Waals surface area contributed by atoms with Crippen LogP contribution in [0.4, 0.5) is 5.69 Å². The van der Waals surface area contributed by atoms with Crippen LogP contribution in [0.25, 0.3) is 0 Å². The van der Waals surface area contributed by atoms with Crippen molar-refractivity contribution in [1.82, 2.24) is 0 Å². The topological polar surface area (TPSA) is 49.3 Å². The summed E-state index contributed by atoms with van der Waals surface area (Å²) in [6.07, 6.45) is 0. The Kier molecular flexibility index (Phi) is 3.76. The summed E-state index contributed by atoms with van der Waals surface area (Å²) in [5, 5.41) is 12.3. The van der Waals surface area contributed by atoms with E-state index in [9.17, 15) is 9.90 Å². The number of hydrogen-bond donors (Lipinski definition) is 2. The Hall–Kier alpha value is -2.00. The highest BCUT2D eigenvalue weighted by Gasteiger charge is 2.11. The number of nitrogens with one attached hydrogen (secondary N) is 1. The van der Waals surface area contributed by atoms with Crippen LogP contribution in [0, 0.1) is 13.8 Å². The fourth-order valence-corrected chi connectivity index (χ4v) is 2.09. The van der Waals surface area contributed by atoms with Crippen molar-refractivity contribution in [3.8, 4) is 5.75 Å². The van der Waals surface area contributed by atoms with Gasteiger partial charge in [-0.2, -0.15) is 0 Å². The van der Waals surface area contributed by atoms with E-state index in [1.165, 1.54) is 12.1 Å². The molecule has 0 bridgehead atoms. The SMILES string of the molecule is Cc1ccc(C(=O)Nc2ccc(O)cc2Cl)c(C)c1. The van der Waals surface area contributed by atoms with Crippen LogP contribution in [0.2, 0.25) is 5.02 Å².